The normalized spacial score (nSPS) is 16.8. The van der Waals surface area contributed by atoms with Crippen molar-refractivity contribution >= 4 is 23.1 Å². The lowest BCUT2D eigenvalue weighted by Crippen LogP contribution is -2.30. The van der Waals surface area contributed by atoms with Crippen LogP contribution in [0.2, 0.25) is 0 Å². The molecule has 0 radical (unpaired) electrons. The minimum Gasteiger partial charge on any atom is -0.310 e. The van der Waals surface area contributed by atoms with Crippen molar-refractivity contribution in [3.05, 3.63) is 34.7 Å². The molecule has 2 N–H and O–H groups in total. The van der Waals surface area contributed by atoms with E-state index in [0.717, 1.165) is 18.7 Å². The Morgan fingerprint density at radius 2 is 2.27 bits per heavy atom. The summed E-state index contributed by atoms with van der Waals surface area (Å²) in [4.78, 5) is 13.4. The van der Waals surface area contributed by atoms with Crippen LogP contribution >= 0.6 is 11.3 Å². The number of thiophene rings is 1. The highest BCUT2D eigenvalue weighted by atomic mass is 32.1. The predicted molar refractivity (Wildman–Crippen MR) is 89.1 cm³/mol. The Kier molecular flexibility index (Phi) is 4.90. The van der Waals surface area contributed by atoms with E-state index in [-0.39, 0.29) is 11.9 Å². The van der Waals surface area contributed by atoms with Crippen LogP contribution in [-0.4, -0.2) is 22.2 Å². The maximum absolute atomic E-state index is 12.1. The minimum atomic E-state index is -0.0249. The Balaban J connectivity index is 1.53. The topological polar surface area (TPSA) is 59.0 Å². The molecule has 1 fully saturated rings. The van der Waals surface area contributed by atoms with Gasteiger partial charge in [0, 0.05) is 17.0 Å². The Labute approximate surface area is 134 Å². The molecule has 0 unspecified atom stereocenters. The van der Waals surface area contributed by atoms with Gasteiger partial charge in [-0.25, -0.2) is 4.68 Å². The molecule has 22 heavy (non-hydrogen) atoms. The number of hydrogen-bond donors (Lipinski definition) is 2. The van der Waals surface area contributed by atoms with Crippen molar-refractivity contribution in [2.45, 2.75) is 44.7 Å². The van der Waals surface area contributed by atoms with Gasteiger partial charge >= 0.3 is 0 Å². The first kappa shape index (κ1) is 15.2. The molecule has 0 spiro atoms. The second-order valence-electron chi connectivity index (χ2n) is 5.77. The maximum Gasteiger partial charge on any atom is 0.239 e. The maximum atomic E-state index is 12.1. The van der Waals surface area contributed by atoms with Gasteiger partial charge in [0.1, 0.15) is 5.82 Å². The summed E-state index contributed by atoms with van der Waals surface area (Å²) in [5, 5.41) is 12.6. The van der Waals surface area contributed by atoms with E-state index >= 15 is 0 Å². The largest absolute Gasteiger partial charge is 0.310 e. The molecule has 118 valence electrons. The lowest BCUT2D eigenvalue weighted by molar-refractivity contribution is -0.115. The SMILES string of the molecule is C[C@@H](NCC(=O)Nc1ccnn1C1CCCC1)c1cccs1. The molecule has 0 aromatic carbocycles. The lowest BCUT2D eigenvalue weighted by atomic mass is 10.2. The molecular formula is C16H22N4OS. The molecule has 1 saturated carbocycles. The molecule has 5 nitrogen and oxygen atoms in total. The molecule has 2 aromatic rings. The Morgan fingerprint density at radius 3 is 3.00 bits per heavy atom. The number of amides is 1. The summed E-state index contributed by atoms with van der Waals surface area (Å²) in [7, 11) is 0. The molecule has 2 heterocycles. The van der Waals surface area contributed by atoms with Gasteiger partial charge in [-0.3, -0.25) is 4.79 Å². The summed E-state index contributed by atoms with van der Waals surface area (Å²) in [6.07, 6.45) is 6.56. The van der Waals surface area contributed by atoms with Gasteiger partial charge in [0.05, 0.1) is 18.8 Å². The molecule has 0 bridgehead atoms. The third-order valence-electron chi connectivity index (χ3n) is 4.15. The Hall–Kier alpha value is -1.66. The van der Waals surface area contributed by atoms with Crippen LogP contribution in [0.5, 0.6) is 0 Å². The first-order valence-corrected chi connectivity index (χ1v) is 8.72. The van der Waals surface area contributed by atoms with Crippen LogP contribution in [0, 0.1) is 0 Å². The van der Waals surface area contributed by atoms with Crippen LogP contribution in [0.3, 0.4) is 0 Å². The first-order valence-electron chi connectivity index (χ1n) is 7.84. The quantitative estimate of drug-likeness (QED) is 0.859. The second kappa shape index (κ2) is 7.07. The number of rotatable bonds is 6. The monoisotopic (exact) mass is 318 g/mol. The number of hydrogen-bond acceptors (Lipinski definition) is 4. The van der Waals surface area contributed by atoms with Crippen molar-refractivity contribution in [3.8, 4) is 0 Å². The fourth-order valence-corrected chi connectivity index (χ4v) is 3.68. The standard InChI is InChI=1S/C16H22N4OS/c1-12(14-7-4-10-22-14)17-11-16(21)19-15-8-9-18-20(15)13-5-2-3-6-13/h4,7-10,12-13,17H,2-3,5-6,11H2,1H3,(H,19,21)/t12-/m1/s1. The van der Waals surface area contributed by atoms with E-state index in [1.165, 1.54) is 17.7 Å². The van der Waals surface area contributed by atoms with Crippen LogP contribution in [0.4, 0.5) is 5.82 Å². The molecule has 0 saturated heterocycles. The molecule has 1 atom stereocenters. The highest BCUT2D eigenvalue weighted by Crippen LogP contribution is 2.31. The summed E-state index contributed by atoms with van der Waals surface area (Å²) in [6.45, 7) is 2.37. The van der Waals surface area contributed by atoms with Crippen LogP contribution in [-0.2, 0) is 4.79 Å². The fourth-order valence-electron chi connectivity index (χ4n) is 2.92. The van der Waals surface area contributed by atoms with E-state index in [0.29, 0.717) is 12.6 Å². The molecule has 1 amide bonds. The summed E-state index contributed by atoms with van der Waals surface area (Å²) in [6, 6.07) is 6.60. The van der Waals surface area contributed by atoms with E-state index in [4.69, 9.17) is 0 Å². The third-order valence-corrected chi connectivity index (χ3v) is 5.20. The van der Waals surface area contributed by atoms with Gasteiger partial charge in [0.25, 0.3) is 0 Å². The van der Waals surface area contributed by atoms with Gasteiger partial charge in [-0.05, 0) is 31.2 Å². The Bertz CT molecular complexity index is 601. The van der Waals surface area contributed by atoms with Crippen LogP contribution in [0.25, 0.3) is 0 Å². The van der Waals surface area contributed by atoms with Crippen molar-refractivity contribution in [1.82, 2.24) is 15.1 Å². The van der Waals surface area contributed by atoms with E-state index in [9.17, 15) is 4.79 Å². The fraction of sp³-hybridized carbons (Fsp3) is 0.500. The van der Waals surface area contributed by atoms with Gasteiger partial charge in [0.15, 0.2) is 0 Å². The van der Waals surface area contributed by atoms with E-state index in [1.807, 2.05) is 22.2 Å². The molecule has 1 aliphatic carbocycles. The second-order valence-corrected chi connectivity index (χ2v) is 6.74. The predicted octanol–water partition coefficient (Wildman–Crippen LogP) is 3.35. The molecule has 6 heteroatoms. The summed E-state index contributed by atoms with van der Waals surface area (Å²) in [5.74, 6) is 0.783. The number of carbonyl (C=O) groups is 1. The van der Waals surface area contributed by atoms with Crippen molar-refractivity contribution in [2.75, 3.05) is 11.9 Å². The number of anilines is 1. The average Bonchev–Trinajstić information content (AvgIpc) is 3.24. The van der Waals surface area contributed by atoms with Crippen LogP contribution < -0.4 is 10.6 Å². The van der Waals surface area contributed by atoms with Gasteiger partial charge in [0.2, 0.25) is 5.91 Å². The smallest absolute Gasteiger partial charge is 0.239 e. The van der Waals surface area contributed by atoms with E-state index in [2.05, 4.69) is 28.7 Å². The van der Waals surface area contributed by atoms with Crippen molar-refractivity contribution < 1.29 is 4.79 Å². The van der Waals surface area contributed by atoms with Gasteiger partial charge in [-0.2, -0.15) is 5.10 Å². The zero-order valence-corrected chi connectivity index (χ0v) is 13.6. The highest BCUT2D eigenvalue weighted by molar-refractivity contribution is 7.10. The van der Waals surface area contributed by atoms with Gasteiger partial charge in [-0.15, -0.1) is 11.3 Å². The Morgan fingerprint density at radius 1 is 1.45 bits per heavy atom. The molecule has 1 aliphatic rings. The van der Waals surface area contributed by atoms with E-state index in [1.54, 1.807) is 17.5 Å². The van der Waals surface area contributed by atoms with Crippen LogP contribution in [0.1, 0.15) is 49.6 Å². The zero-order chi connectivity index (χ0) is 15.4. The first-order chi connectivity index (χ1) is 10.7. The molecular weight excluding hydrogens is 296 g/mol. The number of nitrogens with zero attached hydrogens (tertiary/aromatic N) is 2. The molecule has 2 aromatic heterocycles. The summed E-state index contributed by atoms with van der Waals surface area (Å²) >= 11 is 1.70. The summed E-state index contributed by atoms with van der Waals surface area (Å²) < 4.78 is 1.97. The number of nitrogens with one attached hydrogen (secondary N) is 2. The molecule has 3 rings (SSSR count). The third kappa shape index (κ3) is 3.56. The summed E-state index contributed by atoms with van der Waals surface area (Å²) in [5.41, 5.74) is 0. The lowest BCUT2D eigenvalue weighted by Gasteiger charge is -2.16. The number of aromatic nitrogens is 2. The zero-order valence-electron chi connectivity index (χ0n) is 12.8. The van der Waals surface area contributed by atoms with Gasteiger partial charge < -0.3 is 10.6 Å². The van der Waals surface area contributed by atoms with Gasteiger partial charge in [-0.1, -0.05) is 18.9 Å². The molecule has 0 aliphatic heterocycles. The highest BCUT2D eigenvalue weighted by Gasteiger charge is 2.20. The average molecular weight is 318 g/mol. The van der Waals surface area contributed by atoms with Crippen LogP contribution in [0.15, 0.2) is 29.8 Å². The van der Waals surface area contributed by atoms with Crippen molar-refractivity contribution in [1.29, 1.82) is 0 Å². The van der Waals surface area contributed by atoms with E-state index < -0.39 is 0 Å². The number of carbonyl (C=O) groups excluding carboxylic acids is 1. The van der Waals surface area contributed by atoms with Crippen molar-refractivity contribution in [2.24, 2.45) is 0 Å². The minimum absolute atomic E-state index is 0.0249. The van der Waals surface area contributed by atoms with Crippen molar-refractivity contribution in [3.63, 3.8) is 0 Å².